The van der Waals surface area contributed by atoms with E-state index in [2.05, 4.69) is 18.3 Å². The first-order valence-corrected chi connectivity index (χ1v) is 6.57. The van der Waals surface area contributed by atoms with Crippen LogP contribution in [-0.2, 0) is 0 Å². The molecule has 0 spiro atoms. The zero-order chi connectivity index (χ0) is 13.0. The minimum atomic E-state index is 0.480. The number of nitriles is 1. The fourth-order valence-electron chi connectivity index (χ4n) is 2.65. The lowest BCUT2D eigenvalue weighted by Gasteiger charge is -2.28. The third-order valence-corrected chi connectivity index (χ3v) is 3.64. The first-order valence-electron chi connectivity index (χ1n) is 6.57. The van der Waals surface area contributed by atoms with Gasteiger partial charge in [-0.15, -0.1) is 0 Å². The van der Waals surface area contributed by atoms with Crippen LogP contribution in [0.15, 0.2) is 18.2 Å². The minimum absolute atomic E-state index is 0.480. The van der Waals surface area contributed by atoms with Crippen molar-refractivity contribution in [1.82, 2.24) is 0 Å². The van der Waals surface area contributed by atoms with E-state index in [4.69, 9.17) is 10.00 Å². The summed E-state index contributed by atoms with van der Waals surface area (Å²) in [6.45, 7) is 2.30. The van der Waals surface area contributed by atoms with Crippen molar-refractivity contribution < 1.29 is 4.74 Å². The van der Waals surface area contributed by atoms with Gasteiger partial charge in [0.05, 0.1) is 18.4 Å². The zero-order valence-electron chi connectivity index (χ0n) is 11.1. The van der Waals surface area contributed by atoms with Crippen LogP contribution < -0.4 is 10.1 Å². The lowest BCUT2D eigenvalue weighted by molar-refractivity contribution is 0.358. The lowest BCUT2D eigenvalue weighted by Crippen LogP contribution is -2.26. The van der Waals surface area contributed by atoms with Crippen molar-refractivity contribution in [3.63, 3.8) is 0 Å². The molecule has 0 aliphatic heterocycles. The highest BCUT2D eigenvalue weighted by atomic mass is 16.5. The molecule has 1 aliphatic rings. The largest absolute Gasteiger partial charge is 0.497 e. The van der Waals surface area contributed by atoms with Crippen molar-refractivity contribution in [2.45, 2.75) is 38.6 Å². The Morgan fingerprint density at radius 1 is 1.39 bits per heavy atom. The highest BCUT2D eigenvalue weighted by molar-refractivity contribution is 5.60. The van der Waals surface area contributed by atoms with E-state index in [1.807, 2.05) is 18.2 Å². The van der Waals surface area contributed by atoms with Crippen molar-refractivity contribution in [3.8, 4) is 11.8 Å². The lowest BCUT2D eigenvalue weighted by atomic mass is 9.87. The van der Waals surface area contributed by atoms with Crippen LogP contribution in [0.4, 0.5) is 5.69 Å². The van der Waals surface area contributed by atoms with Crippen molar-refractivity contribution >= 4 is 5.69 Å². The van der Waals surface area contributed by atoms with Gasteiger partial charge in [0.25, 0.3) is 0 Å². The van der Waals surface area contributed by atoms with E-state index in [0.29, 0.717) is 11.6 Å². The number of hydrogen-bond donors (Lipinski definition) is 1. The van der Waals surface area contributed by atoms with Gasteiger partial charge in [-0.1, -0.05) is 19.8 Å². The van der Waals surface area contributed by atoms with Crippen LogP contribution in [0, 0.1) is 17.2 Å². The Kier molecular flexibility index (Phi) is 4.09. The molecule has 1 N–H and O–H groups in total. The van der Waals surface area contributed by atoms with E-state index in [0.717, 1.165) is 17.4 Å². The summed E-state index contributed by atoms with van der Waals surface area (Å²) in [5, 5.41) is 12.6. The molecule has 3 heteroatoms. The van der Waals surface area contributed by atoms with Crippen LogP contribution in [-0.4, -0.2) is 13.2 Å². The van der Waals surface area contributed by atoms with Gasteiger partial charge in [0.1, 0.15) is 11.8 Å². The maximum Gasteiger partial charge on any atom is 0.121 e. The molecule has 3 nitrogen and oxygen atoms in total. The molecule has 0 radical (unpaired) electrons. The Hall–Kier alpha value is -1.69. The van der Waals surface area contributed by atoms with Gasteiger partial charge in [-0.3, -0.25) is 0 Å². The first kappa shape index (κ1) is 12.8. The summed E-state index contributed by atoms with van der Waals surface area (Å²) in [5.74, 6) is 1.56. The average Bonchev–Trinajstić information content (AvgIpc) is 2.38. The molecular formula is C15H20N2O. The Balaban J connectivity index is 2.14. The van der Waals surface area contributed by atoms with Crippen LogP contribution in [0.3, 0.4) is 0 Å². The van der Waals surface area contributed by atoms with Gasteiger partial charge in [-0.25, -0.2) is 0 Å². The van der Waals surface area contributed by atoms with Gasteiger partial charge in [0.2, 0.25) is 0 Å². The molecule has 2 unspecified atom stereocenters. The van der Waals surface area contributed by atoms with Crippen molar-refractivity contribution in [2.24, 2.45) is 5.92 Å². The van der Waals surface area contributed by atoms with E-state index in [9.17, 15) is 0 Å². The fourth-order valence-corrected chi connectivity index (χ4v) is 2.65. The molecule has 1 aromatic rings. The number of anilines is 1. The molecule has 1 aromatic carbocycles. The highest BCUT2D eigenvalue weighted by Crippen LogP contribution is 2.29. The summed E-state index contributed by atoms with van der Waals surface area (Å²) in [6, 6.07) is 8.26. The van der Waals surface area contributed by atoms with Gasteiger partial charge < -0.3 is 10.1 Å². The van der Waals surface area contributed by atoms with E-state index < -0.39 is 0 Å². The minimum Gasteiger partial charge on any atom is -0.497 e. The van der Waals surface area contributed by atoms with Crippen molar-refractivity contribution in [1.29, 1.82) is 5.26 Å². The molecule has 18 heavy (non-hydrogen) atoms. The predicted molar refractivity (Wildman–Crippen MR) is 72.8 cm³/mol. The monoisotopic (exact) mass is 244 g/mol. The van der Waals surface area contributed by atoms with Gasteiger partial charge in [-0.05, 0) is 30.9 Å². The van der Waals surface area contributed by atoms with E-state index in [-0.39, 0.29) is 0 Å². The van der Waals surface area contributed by atoms with Crippen LogP contribution >= 0.6 is 0 Å². The predicted octanol–water partition coefficient (Wildman–Crippen LogP) is 3.56. The fraction of sp³-hybridized carbons (Fsp3) is 0.533. The van der Waals surface area contributed by atoms with Crippen LogP contribution in [0.2, 0.25) is 0 Å². The molecule has 0 heterocycles. The standard InChI is InChI=1S/C15H20N2O/c1-11-4-3-5-13(8-11)17-15-9-14(18-2)7-6-12(15)10-16/h6-7,9,11,13,17H,3-5,8H2,1-2H3. The van der Waals surface area contributed by atoms with E-state index in [1.165, 1.54) is 25.7 Å². The SMILES string of the molecule is COc1ccc(C#N)c(NC2CCCC(C)C2)c1. The Labute approximate surface area is 109 Å². The summed E-state index contributed by atoms with van der Waals surface area (Å²) in [4.78, 5) is 0. The van der Waals surface area contributed by atoms with E-state index >= 15 is 0 Å². The summed E-state index contributed by atoms with van der Waals surface area (Å²) < 4.78 is 5.22. The number of benzene rings is 1. The molecular weight excluding hydrogens is 224 g/mol. The topological polar surface area (TPSA) is 45.0 Å². The van der Waals surface area contributed by atoms with Crippen molar-refractivity contribution in [3.05, 3.63) is 23.8 Å². The number of methoxy groups -OCH3 is 1. The van der Waals surface area contributed by atoms with E-state index in [1.54, 1.807) is 7.11 Å². The first-order chi connectivity index (χ1) is 8.72. The number of nitrogens with zero attached hydrogens (tertiary/aromatic N) is 1. The Bertz CT molecular complexity index is 450. The summed E-state index contributed by atoms with van der Waals surface area (Å²) in [5.41, 5.74) is 1.59. The van der Waals surface area contributed by atoms with Crippen LogP contribution in [0.1, 0.15) is 38.2 Å². The summed E-state index contributed by atoms with van der Waals surface area (Å²) in [6.07, 6.45) is 4.96. The number of hydrogen-bond acceptors (Lipinski definition) is 3. The van der Waals surface area contributed by atoms with Gasteiger partial charge in [0, 0.05) is 12.1 Å². The normalized spacial score (nSPS) is 23.2. The third-order valence-electron chi connectivity index (χ3n) is 3.64. The van der Waals surface area contributed by atoms with Gasteiger partial charge in [-0.2, -0.15) is 5.26 Å². The molecule has 0 aromatic heterocycles. The zero-order valence-corrected chi connectivity index (χ0v) is 11.1. The van der Waals surface area contributed by atoms with Gasteiger partial charge >= 0.3 is 0 Å². The van der Waals surface area contributed by atoms with Crippen molar-refractivity contribution in [2.75, 3.05) is 12.4 Å². The molecule has 0 bridgehead atoms. The second-order valence-corrected chi connectivity index (χ2v) is 5.14. The molecule has 1 fully saturated rings. The van der Waals surface area contributed by atoms with Crippen LogP contribution in [0.5, 0.6) is 5.75 Å². The molecule has 2 rings (SSSR count). The third kappa shape index (κ3) is 2.95. The molecule has 0 amide bonds. The smallest absolute Gasteiger partial charge is 0.121 e. The maximum absolute atomic E-state index is 9.13. The van der Waals surface area contributed by atoms with Crippen LogP contribution in [0.25, 0.3) is 0 Å². The second-order valence-electron chi connectivity index (χ2n) is 5.14. The average molecular weight is 244 g/mol. The van der Waals surface area contributed by atoms with Gasteiger partial charge in [0.15, 0.2) is 0 Å². The quantitative estimate of drug-likeness (QED) is 0.884. The molecule has 96 valence electrons. The Morgan fingerprint density at radius 3 is 2.89 bits per heavy atom. The highest BCUT2D eigenvalue weighted by Gasteiger charge is 2.19. The molecule has 2 atom stereocenters. The molecule has 0 saturated heterocycles. The number of nitrogens with one attached hydrogen (secondary N) is 1. The second kappa shape index (κ2) is 5.77. The Morgan fingerprint density at radius 2 is 2.22 bits per heavy atom. The summed E-state index contributed by atoms with van der Waals surface area (Å²) in [7, 11) is 1.65. The number of rotatable bonds is 3. The molecule has 1 saturated carbocycles. The number of ether oxygens (including phenoxy) is 1. The molecule has 1 aliphatic carbocycles. The maximum atomic E-state index is 9.13. The summed E-state index contributed by atoms with van der Waals surface area (Å²) >= 11 is 0.